The molecular formula is C9H9BrFNO2S. The summed E-state index contributed by atoms with van der Waals surface area (Å²) in [6.45, 7) is 0. The van der Waals surface area contributed by atoms with Crippen LogP contribution in [0.4, 0.5) is 10.1 Å². The van der Waals surface area contributed by atoms with Crippen molar-refractivity contribution in [2.24, 2.45) is 0 Å². The summed E-state index contributed by atoms with van der Waals surface area (Å²) < 4.78 is 38.6. The van der Waals surface area contributed by atoms with Crippen LogP contribution in [0.2, 0.25) is 0 Å². The van der Waals surface area contributed by atoms with Crippen molar-refractivity contribution >= 4 is 31.6 Å². The second-order valence-electron chi connectivity index (χ2n) is 3.48. The summed E-state index contributed by atoms with van der Waals surface area (Å²) in [5.41, 5.74) is 0.384. The zero-order valence-corrected chi connectivity index (χ0v) is 10.1. The second-order valence-corrected chi connectivity index (χ2v) is 6.29. The first-order valence-electron chi connectivity index (χ1n) is 4.46. The highest BCUT2D eigenvalue weighted by molar-refractivity contribution is 9.10. The highest BCUT2D eigenvalue weighted by Gasteiger charge is 2.35. The number of halogens is 2. The van der Waals surface area contributed by atoms with Gasteiger partial charge in [-0.25, -0.2) is 12.8 Å². The minimum atomic E-state index is -3.26. The van der Waals surface area contributed by atoms with Crippen LogP contribution in [0.15, 0.2) is 22.7 Å². The van der Waals surface area contributed by atoms with Gasteiger partial charge in [0.15, 0.2) is 0 Å². The highest BCUT2D eigenvalue weighted by Crippen LogP contribution is 2.30. The molecule has 0 bridgehead atoms. The molecule has 1 aliphatic carbocycles. The Labute approximate surface area is 95.9 Å². The molecule has 0 unspecified atom stereocenters. The third kappa shape index (κ3) is 2.49. The van der Waals surface area contributed by atoms with Crippen LogP contribution in [0.3, 0.4) is 0 Å². The van der Waals surface area contributed by atoms with E-state index in [-0.39, 0.29) is 9.72 Å². The molecule has 6 heteroatoms. The molecule has 0 radical (unpaired) electrons. The fraction of sp³-hybridized carbons (Fsp3) is 0.333. The predicted molar refractivity (Wildman–Crippen MR) is 59.7 cm³/mol. The molecule has 1 aliphatic rings. The van der Waals surface area contributed by atoms with Gasteiger partial charge in [-0.05, 0) is 47.0 Å². The number of hydrogen-bond acceptors (Lipinski definition) is 2. The zero-order chi connectivity index (χ0) is 11.1. The lowest BCUT2D eigenvalue weighted by molar-refractivity contribution is 0.599. The van der Waals surface area contributed by atoms with Crippen molar-refractivity contribution < 1.29 is 12.8 Å². The van der Waals surface area contributed by atoms with E-state index in [4.69, 9.17) is 0 Å². The molecule has 1 fully saturated rings. The monoisotopic (exact) mass is 293 g/mol. The molecule has 0 saturated heterocycles. The second kappa shape index (κ2) is 3.75. The molecule has 0 atom stereocenters. The first-order valence-corrected chi connectivity index (χ1v) is 6.79. The molecular weight excluding hydrogens is 285 g/mol. The van der Waals surface area contributed by atoms with Crippen LogP contribution in [0.5, 0.6) is 0 Å². The van der Waals surface area contributed by atoms with Crippen molar-refractivity contribution in [3.05, 3.63) is 28.5 Å². The average Bonchev–Trinajstić information content (AvgIpc) is 2.93. The van der Waals surface area contributed by atoms with E-state index in [1.807, 2.05) is 0 Å². The number of anilines is 1. The lowest BCUT2D eigenvalue weighted by Crippen LogP contribution is -2.17. The Bertz CT molecular complexity index is 485. The molecule has 1 aromatic carbocycles. The largest absolute Gasteiger partial charge is 0.283 e. The molecule has 0 heterocycles. The molecule has 82 valence electrons. The fourth-order valence-electron chi connectivity index (χ4n) is 1.19. The average molecular weight is 294 g/mol. The summed E-state index contributed by atoms with van der Waals surface area (Å²) in [4.78, 5) is 0. The van der Waals surface area contributed by atoms with Gasteiger partial charge in [0.05, 0.1) is 9.72 Å². The van der Waals surface area contributed by atoms with Gasteiger partial charge in [-0.15, -0.1) is 0 Å². The SMILES string of the molecule is O=S(=O)(Nc1ccc(F)c(Br)c1)C1CC1. The van der Waals surface area contributed by atoms with Gasteiger partial charge in [-0.2, -0.15) is 0 Å². The molecule has 1 N–H and O–H groups in total. The minimum absolute atomic E-state index is 0.249. The molecule has 15 heavy (non-hydrogen) atoms. The Morgan fingerprint density at radius 3 is 2.60 bits per heavy atom. The van der Waals surface area contributed by atoms with E-state index >= 15 is 0 Å². The summed E-state index contributed by atoms with van der Waals surface area (Å²) >= 11 is 3.00. The summed E-state index contributed by atoms with van der Waals surface area (Å²) in [6, 6.07) is 4.03. The van der Waals surface area contributed by atoms with E-state index in [1.165, 1.54) is 18.2 Å². The van der Waals surface area contributed by atoms with Crippen LogP contribution in [-0.2, 0) is 10.0 Å². The van der Waals surface area contributed by atoms with E-state index in [2.05, 4.69) is 20.7 Å². The quantitative estimate of drug-likeness (QED) is 0.931. The Balaban J connectivity index is 2.21. The normalized spacial score (nSPS) is 16.4. The van der Waals surface area contributed by atoms with Crippen molar-refractivity contribution in [3.63, 3.8) is 0 Å². The first kappa shape index (κ1) is 10.9. The maximum Gasteiger partial charge on any atom is 0.235 e. The highest BCUT2D eigenvalue weighted by atomic mass is 79.9. The van der Waals surface area contributed by atoms with Crippen LogP contribution in [0.25, 0.3) is 0 Å². The maximum absolute atomic E-state index is 12.9. The van der Waals surface area contributed by atoms with Gasteiger partial charge in [0.2, 0.25) is 10.0 Å². The lowest BCUT2D eigenvalue weighted by atomic mass is 10.3. The van der Waals surface area contributed by atoms with E-state index in [0.717, 1.165) is 0 Å². The summed E-state index contributed by atoms with van der Waals surface area (Å²) in [6.07, 6.45) is 1.41. The Hall–Kier alpha value is -0.620. The Kier molecular flexibility index (Phi) is 2.72. The van der Waals surface area contributed by atoms with E-state index in [1.54, 1.807) is 0 Å². The third-order valence-corrected chi connectivity index (χ3v) is 4.62. The summed E-state index contributed by atoms with van der Waals surface area (Å²) in [5.74, 6) is -0.413. The zero-order valence-electron chi connectivity index (χ0n) is 7.70. The summed E-state index contributed by atoms with van der Waals surface area (Å²) in [5, 5.41) is -0.277. The van der Waals surface area contributed by atoms with Gasteiger partial charge in [0, 0.05) is 5.69 Å². The van der Waals surface area contributed by atoms with Crippen molar-refractivity contribution in [1.82, 2.24) is 0 Å². The smallest absolute Gasteiger partial charge is 0.235 e. The molecule has 1 aromatic rings. The number of sulfonamides is 1. The molecule has 2 rings (SSSR count). The number of nitrogens with one attached hydrogen (secondary N) is 1. The number of rotatable bonds is 3. The van der Waals surface area contributed by atoms with E-state index in [9.17, 15) is 12.8 Å². The molecule has 0 amide bonds. The van der Waals surface area contributed by atoms with Crippen LogP contribution in [0, 0.1) is 5.82 Å². The minimum Gasteiger partial charge on any atom is -0.283 e. The Morgan fingerprint density at radius 2 is 2.07 bits per heavy atom. The van der Waals surface area contributed by atoms with Crippen LogP contribution in [0.1, 0.15) is 12.8 Å². The lowest BCUT2D eigenvalue weighted by Gasteiger charge is -2.07. The van der Waals surface area contributed by atoms with Crippen molar-refractivity contribution in [3.8, 4) is 0 Å². The Morgan fingerprint density at radius 1 is 1.40 bits per heavy atom. The van der Waals surface area contributed by atoms with Crippen LogP contribution < -0.4 is 4.72 Å². The van der Waals surface area contributed by atoms with Crippen molar-refractivity contribution in [1.29, 1.82) is 0 Å². The molecule has 0 spiro atoms. The first-order chi connectivity index (χ1) is 6.99. The van der Waals surface area contributed by atoms with Crippen LogP contribution in [-0.4, -0.2) is 13.7 Å². The van der Waals surface area contributed by atoms with Crippen LogP contribution >= 0.6 is 15.9 Å². The maximum atomic E-state index is 12.9. The topological polar surface area (TPSA) is 46.2 Å². The summed E-state index contributed by atoms with van der Waals surface area (Å²) in [7, 11) is -3.26. The van der Waals surface area contributed by atoms with Crippen molar-refractivity contribution in [2.75, 3.05) is 4.72 Å². The number of benzene rings is 1. The van der Waals surface area contributed by atoms with Gasteiger partial charge in [-0.1, -0.05) is 0 Å². The van der Waals surface area contributed by atoms with Gasteiger partial charge in [0.1, 0.15) is 5.82 Å². The standard InChI is InChI=1S/C9H9BrFNO2S/c10-8-5-6(1-4-9(8)11)12-15(13,14)7-2-3-7/h1,4-5,7,12H,2-3H2. The molecule has 0 aliphatic heterocycles. The molecule has 1 saturated carbocycles. The van der Waals surface area contributed by atoms with Gasteiger partial charge < -0.3 is 0 Å². The third-order valence-electron chi connectivity index (χ3n) is 2.14. The van der Waals surface area contributed by atoms with E-state index < -0.39 is 15.8 Å². The van der Waals surface area contributed by atoms with Gasteiger partial charge in [-0.3, -0.25) is 4.72 Å². The number of hydrogen-bond donors (Lipinski definition) is 1. The van der Waals surface area contributed by atoms with Crippen molar-refractivity contribution in [2.45, 2.75) is 18.1 Å². The molecule has 3 nitrogen and oxygen atoms in total. The molecule has 0 aromatic heterocycles. The predicted octanol–water partition coefficient (Wildman–Crippen LogP) is 2.49. The van der Waals surface area contributed by atoms with E-state index in [0.29, 0.717) is 18.5 Å². The van der Waals surface area contributed by atoms with Gasteiger partial charge in [0.25, 0.3) is 0 Å². The van der Waals surface area contributed by atoms with Gasteiger partial charge >= 0.3 is 0 Å². The fourth-order valence-corrected chi connectivity index (χ4v) is 2.94.